The molecule has 0 aliphatic carbocycles. The first-order valence-corrected chi connectivity index (χ1v) is 4.20. The summed E-state index contributed by atoms with van der Waals surface area (Å²) in [4.78, 5) is 4.37. The van der Waals surface area contributed by atoms with Gasteiger partial charge < -0.3 is 5.32 Å². The number of hydrogen-bond acceptors (Lipinski definition) is 2. The first-order chi connectivity index (χ1) is 5.29. The zero-order valence-corrected chi connectivity index (χ0v) is 7.19. The molecule has 11 heavy (non-hydrogen) atoms. The summed E-state index contributed by atoms with van der Waals surface area (Å²) in [5, 5.41) is 3.27. The summed E-state index contributed by atoms with van der Waals surface area (Å²) in [5.41, 5.74) is 1.17. The third-order valence-corrected chi connectivity index (χ3v) is 1.72. The SMILES string of the molecule is C=C(C)CNC1=NCCCC1. The second-order valence-corrected chi connectivity index (χ2v) is 3.10. The molecule has 0 aromatic carbocycles. The van der Waals surface area contributed by atoms with E-state index in [0.717, 1.165) is 19.5 Å². The van der Waals surface area contributed by atoms with Crippen molar-refractivity contribution in [3.8, 4) is 0 Å². The van der Waals surface area contributed by atoms with Gasteiger partial charge in [0.2, 0.25) is 0 Å². The Morgan fingerprint density at radius 3 is 3.00 bits per heavy atom. The Balaban J connectivity index is 2.24. The number of nitrogens with one attached hydrogen (secondary N) is 1. The maximum absolute atomic E-state index is 4.37. The highest BCUT2D eigenvalue weighted by molar-refractivity contribution is 5.82. The van der Waals surface area contributed by atoms with Crippen LogP contribution < -0.4 is 5.32 Å². The fourth-order valence-corrected chi connectivity index (χ4v) is 1.09. The van der Waals surface area contributed by atoms with Gasteiger partial charge in [-0.3, -0.25) is 4.99 Å². The molecule has 62 valence electrons. The number of nitrogens with zero attached hydrogens (tertiary/aromatic N) is 1. The first-order valence-electron chi connectivity index (χ1n) is 4.20. The Bertz CT molecular complexity index is 170. The van der Waals surface area contributed by atoms with E-state index < -0.39 is 0 Å². The van der Waals surface area contributed by atoms with E-state index in [0.29, 0.717) is 0 Å². The molecule has 1 N–H and O–H groups in total. The van der Waals surface area contributed by atoms with Gasteiger partial charge in [-0.15, -0.1) is 0 Å². The summed E-state index contributed by atoms with van der Waals surface area (Å²) in [7, 11) is 0. The lowest BCUT2D eigenvalue weighted by atomic mass is 10.2. The van der Waals surface area contributed by atoms with E-state index in [1.165, 1.54) is 24.3 Å². The minimum atomic E-state index is 0.874. The third-order valence-electron chi connectivity index (χ3n) is 1.72. The highest BCUT2D eigenvalue weighted by atomic mass is 15.0. The van der Waals surface area contributed by atoms with Crippen LogP contribution in [0.2, 0.25) is 0 Å². The third kappa shape index (κ3) is 3.21. The second kappa shape index (κ2) is 4.16. The molecule has 0 saturated carbocycles. The van der Waals surface area contributed by atoms with Crippen LogP contribution in [0.5, 0.6) is 0 Å². The summed E-state index contributed by atoms with van der Waals surface area (Å²) in [5.74, 6) is 1.17. The lowest BCUT2D eigenvalue weighted by Crippen LogP contribution is -2.27. The van der Waals surface area contributed by atoms with E-state index in [9.17, 15) is 0 Å². The Labute approximate surface area is 68.4 Å². The standard InChI is InChI=1S/C9H16N2/c1-8(2)7-11-9-5-3-4-6-10-9/h1,3-7H2,2H3,(H,10,11). The minimum absolute atomic E-state index is 0.874. The molecule has 1 rings (SSSR count). The number of rotatable bonds is 2. The lowest BCUT2D eigenvalue weighted by molar-refractivity contribution is 0.714. The van der Waals surface area contributed by atoms with Crippen molar-refractivity contribution in [2.75, 3.05) is 13.1 Å². The van der Waals surface area contributed by atoms with Crippen LogP contribution in [0.1, 0.15) is 26.2 Å². The van der Waals surface area contributed by atoms with Gasteiger partial charge in [0, 0.05) is 19.5 Å². The fraction of sp³-hybridized carbons (Fsp3) is 0.667. The van der Waals surface area contributed by atoms with Crippen molar-refractivity contribution in [1.29, 1.82) is 0 Å². The molecule has 1 aliphatic heterocycles. The molecule has 0 unspecified atom stereocenters. The fourth-order valence-electron chi connectivity index (χ4n) is 1.09. The van der Waals surface area contributed by atoms with E-state index in [4.69, 9.17) is 0 Å². The van der Waals surface area contributed by atoms with Crippen molar-refractivity contribution in [2.45, 2.75) is 26.2 Å². The molecule has 1 heterocycles. The molecule has 0 bridgehead atoms. The summed E-state index contributed by atoms with van der Waals surface area (Å²) in [6.07, 6.45) is 3.65. The van der Waals surface area contributed by atoms with Gasteiger partial charge in [0.05, 0.1) is 5.84 Å². The molecule has 0 atom stereocenters. The van der Waals surface area contributed by atoms with Gasteiger partial charge in [-0.1, -0.05) is 12.2 Å². The summed E-state index contributed by atoms with van der Waals surface area (Å²) in [6, 6.07) is 0. The van der Waals surface area contributed by atoms with Crippen LogP contribution in [0.15, 0.2) is 17.1 Å². The van der Waals surface area contributed by atoms with Crippen LogP contribution in [-0.4, -0.2) is 18.9 Å². The molecular weight excluding hydrogens is 136 g/mol. The van der Waals surface area contributed by atoms with Crippen molar-refractivity contribution in [2.24, 2.45) is 4.99 Å². The molecule has 0 radical (unpaired) electrons. The van der Waals surface area contributed by atoms with Crippen LogP contribution in [-0.2, 0) is 0 Å². The van der Waals surface area contributed by atoms with Crippen molar-refractivity contribution < 1.29 is 0 Å². The van der Waals surface area contributed by atoms with E-state index in [2.05, 4.69) is 16.9 Å². The maximum Gasteiger partial charge on any atom is 0.0965 e. The van der Waals surface area contributed by atoms with Gasteiger partial charge in [0.25, 0.3) is 0 Å². The molecule has 2 nitrogen and oxygen atoms in total. The predicted molar refractivity (Wildman–Crippen MR) is 49.0 cm³/mol. The van der Waals surface area contributed by atoms with Crippen molar-refractivity contribution in [3.05, 3.63) is 12.2 Å². The molecule has 0 saturated heterocycles. The van der Waals surface area contributed by atoms with Crippen LogP contribution in [0.4, 0.5) is 0 Å². The summed E-state index contributed by atoms with van der Waals surface area (Å²) >= 11 is 0. The smallest absolute Gasteiger partial charge is 0.0965 e. The topological polar surface area (TPSA) is 24.4 Å². The normalized spacial score (nSPS) is 17.4. The van der Waals surface area contributed by atoms with Gasteiger partial charge in [-0.25, -0.2) is 0 Å². The van der Waals surface area contributed by atoms with E-state index in [1.807, 2.05) is 6.92 Å². The maximum atomic E-state index is 4.37. The molecule has 0 spiro atoms. The zero-order chi connectivity index (χ0) is 8.10. The van der Waals surface area contributed by atoms with Crippen LogP contribution in [0.3, 0.4) is 0 Å². The average Bonchev–Trinajstić information content (AvgIpc) is 2.03. The molecule has 0 aromatic heterocycles. The van der Waals surface area contributed by atoms with Crippen molar-refractivity contribution >= 4 is 5.84 Å². The van der Waals surface area contributed by atoms with E-state index >= 15 is 0 Å². The van der Waals surface area contributed by atoms with Gasteiger partial charge >= 0.3 is 0 Å². The van der Waals surface area contributed by atoms with Gasteiger partial charge in [0.15, 0.2) is 0 Å². The lowest BCUT2D eigenvalue weighted by Gasteiger charge is -2.13. The molecular formula is C9H16N2. The van der Waals surface area contributed by atoms with Gasteiger partial charge in [0.1, 0.15) is 0 Å². The Hall–Kier alpha value is -0.790. The minimum Gasteiger partial charge on any atom is -0.370 e. The average molecular weight is 152 g/mol. The van der Waals surface area contributed by atoms with Crippen LogP contribution in [0, 0.1) is 0 Å². The quantitative estimate of drug-likeness (QED) is 0.599. The molecule has 0 fully saturated rings. The molecule has 2 heteroatoms. The Morgan fingerprint density at radius 1 is 1.64 bits per heavy atom. The molecule has 0 aromatic rings. The largest absolute Gasteiger partial charge is 0.370 e. The molecule has 0 amide bonds. The highest BCUT2D eigenvalue weighted by Crippen LogP contribution is 2.03. The predicted octanol–water partition coefficient (Wildman–Crippen LogP) is 1.73. The summed E-state index contributed by atoms with van der Waals surface area (Å²) in [6.45, 7) is 7.72. The number of aliphatic imine (C=N–C) groups is 1. The molecule has 1 aliphatic rings. The second-order valence-electron chi connectivity index (χ2n) is 3.10. The van der Waals surface area contributed by atoms with Crippen LogP contribution in [0.25, 0.3) is 0 Å². The van der Waals surface area contributed by atoms with Gasteiger partial charge in [-0.2, -0.15) is 0 Å². The van der Waals surface area contributed by atoms with E-state index in [1.54, 1.807) is 0 Å². The highest BCUT2D eigenvalue weighted by Gasteiger charge is 2.02. The van der Waals surface area contributed by atoms with Crippen molar-refractivity contribution in [1.82, 2.24) is 5.32 Å². The van der Waals surface area contributed by atoms with E-state index in [-0.39, 0.29) is 0 Å². The Kier molecular flexibility index (Phi) is 3.14. The number of amidine groups is 1. The van der Waals surface area contributed by atoms with Gasteiger partial charge in [-0.05, 0) is 19.8 Å². The Morgan fingerprint density at radius 2 is 2.45 bits per heavy atom. The number of hydrogen-bond donors (Lipinski definition) is 1. The summed E-state index contributed by atoms with van der Waals surface area (Å²) < 4.78 is 0. The zero-order valence-electron chi connectivity index (χ0n) is 7.19. The van der Waals surface area contributed by atoms with Crippen LogP contribution >= 0.6 is 0 Å². The monoisotopic (exact) mass is 152 g/mol. The van der Waals surface area contributed by atoms with Crippen molar-refractivity contribution in [3.63, 3.8) is 0 Å². The first kappa shape index (κ1) is 8.31.